The molecule has 23 heavy (non-hydrogen) atoms. The van der Waals surface area contributed by atoms with Crippen LogP contribution in [0.2, 0.25) is 0 Å². The summed E-state index contributed by atoms with van der Waals surface area (Å²) in [6.45, 7) is 3.33. The van der Waals surface area contributed by atoms with Crippen molar-refractivity contribution in [1.29, 1.82) is 0 Å². The zero-order chi connectivity index (χ0) is 16.4. The number of benzene rings is 1. The number of nitrogens with one attached hydrogen (secondary N) is 1. The molecule has 0 bridgehead atoms. The molecular formula is C15H13N3O3S2. The number of carbonyl (C=O) groups is 1. The van der Waals surface area contributed by atoms with Crippen molar-refractivity contribution < 1.29 is 9.21 Å². The fourth-order valence-electron chi connectivity index (χ4n) is 2.11. The maximum Gasteiger partial charge on any atom is 0.336 e. The summed E-state index contributed by atoms with van der Waals surface area (Å²) in [7, 11) is 0. The number of aryl methyl sites for hydroxylation is 1. The highest BCUT2D eigenvalue weighted by molar-refractivity contribution is 8.00. The molecule has 0 saturated carbocycles. The van der Waals surface area contributed by atoms with E-state index in [-0.39, 0.29) is 5.91 Å². The molecule has 0 unspecified atom stereocenters. The Morgan fingerprint density at radius 3 is 2.87 bits per heavy atom. The third-order valence-corrected chi connectivity index (χ3v) is 5.03. The lowest BCUT2D eigenvalue weighted by atomic mass is 10.1. The average Bonchev–Trinajstić information content (AvgIpc) is 2.89. The standard InChI is InChI=1S/C15H13N3O3S2/c1-8(19)16-11-3-4-12-10(5-14(20)21-13(12)6-11)7-22-15-18-17-9(2)23-15/h3-6H,7H2,1-2H3,(H,16,19). The van der Waals surface area contributed by atoms with Gasteiger partial charge in [0.05, 0.1) is 0 Å². The maximum absolute atomic E-state index is 11.8. The zero-order valence-electron chi connectivity index (χ0n) is 12.5. The highest BCUT2D eigenvalue weighted by atomic mass is 32.2. The molecule has 0 radical (unpaired) electrons. The van der Waals surface area contributed by atoms with Crippen molar-refractivity contribution in [2.24, 2.45) is 0 Å². The molecule has 1 N–H and O–H groups in total. The van der Waals surface area contributed by atoms with E-state index >= 15 is 0 Å². The van der Waals surface area contributed by atoms with Gasteiger partial charge in [0.1, 0.15) is 10.6 Å². The topological polar surface area (TPSA) is 85.1 Å². The Balaban J connectivity index is 1.93. The molecule has 0 saturated heterocycles. The van der Waals surface area contributed by atoms with Gasteiger partial charge in [-0.05, 0) is 24.6 Å². The fraction of sp³-hybridized carbons (Fsp3) is 0.200. The van der Waals surface area contributed by atoms with E-state index in [1.807, 2.05) is 13.0 Å². The first-order valence-electron chi connectivity index (χ1n) is 6.78. The molecule has 0 spiro atoms. The van der Waals surface area contributed by atoms with Crippen molar-refractivity contribution in [2.75, 3.05) is 5.32 Å². The summed E-state index contributed by atoms with van der Waals surface area (Å²) in [5.74, 6) is 0.418. The molecule has 0 aliphatic rings. The molecule has 118 valence electrons. The number of fused-ring (bicyclic) bond motifs is 1. The second-order valence-corrected chi connectivity index (χ2v) is 7.26. The molecule has 2 heterocycles. The van der Waals surface area contributed by atoms with Crippen LogP contribution in [0.4, 0.5) is 5.69 Å². The van der Waals surface area contributed by atoms with E-state index in [1.165, 1.54) is 36.1 Å². The summed E-state index contributed by atoms with van der Waals surface area (Å²) >= 11 is 3.04. The molecule has 3 aromatic rings. The van der Waals surface area contributed by atoms with Crippen LogP contribution in [-0.4, -0.2) is 16.1 Å². The van der Waals surface area contributed by atoms with E-state index in [2.05, 4.69) is 15.5 Å². The van der Waals surface area contributed by atoms with Gasteiger partial charge in [-0.2, -0.15) is 0 Å². The first-order chi connectivity index (χ1) is 11.0. The minimum Gasteiger partial charge on any atom is -0.423 e. The number of carbonyl (C=O) groups excluding carboxylic acids is 1. The summed E-state index contributed by atoms with van der Waals surface area (Å²) in [4.78, 5) is 22.9. The number of hydrogen-bond donors (Lipinski definition) is 1. The van der Waals surface area contributed by atoms with Gasteiger partial charge >= 0.3 is 5.63 Å². The number of rotatable bonds is 4. The summed E-state index contributed by atoms with van der Waals surface area (Å²) in [6, 6.07) is 6.76. The lowest BCUT2D eigenvalue weighted by Gasteiger charge is -2.06. The van der Waals surface area contributed by atoms with Crippen LogP contribution in [0.5, 0.6) is 0 Å². The lowest BCUT2D eigenvalue weighted by molar-refractivity contribution is -0.114. The van der Waals surface area contributed by atoms with Crippen molar-refractivity contribution in [3.8, 4) is 0 Å². The molecule has 0 fully saturated rings. The van der Waals surface area contributed by atoms with Gasteiger partial charge in [-0.3, -0.25) is 4.79 Å². The molecule has 1 amide bonds. The van der Waals surface area contributed by atoms with Crippen molar-refractivity contribution in [2.45, 2.75) is 23.9 Å². The SMILES string of the molecule is CC(=O)Nc1ccc2c(CSc3nnc(C)s3)cc(=O)oc2c1. The van der Waals surface area contributed by atoms with Crippen LogP contribution in [0.15, 0.2) is 37.8 Å². The Hall–Kier alpha value is -2.19. The Kier molecular flexibility index (Phi) is 4.44. The van der Waals surface area contributed by atoms with Gasteiger partial charge in [-0.25, -0.2) is 4.79 Å². The third-order valence-electron chi connectivity index (χ3n) is 3.01. The monoisotopic (exact) mass is 347 g/mol. The van der Waals surface area contributed by atoms with Crippen LogP contribution >= 0.6 is 23.1 Å². The summed E-state index contributed by atoms with van der Waals surface area (Å²) < 4.78 is 6.10. The number of thioether (sulfide) groups is 1. The van der Waals surface area contributed by atoms with Crippen molar-refractivity contribution >= 4 is 45.7 Å². The smallest absolute Gasteiger partial charge is 0.336 e. The quantitative estimate of drug-likeness (QED) is 0.576. The molecule has 1 aromatic carbocycles. The van der Waals surface area contributed by atoms with Crippen LogP contribution in [0.3, 0.4) is 0 Å². The summed E-state index contributed by atoms with van der Waals surface area (Å²) in [6.07, 6.45) is 0. The first kappa shape index (κ1) is 15.7. The van der Waals surface area contributed by atoms with Gasteiger partial charge < -0.3 is 9.73 Å². The number of nitrogens with zero attached hydrogens (tertiary/aromatic N) is 2. The molecule has 0 aliphatic heterocycles. The predicted octanol–water partition coefficient (Wildman–Crippen LogP) is 3.20. The number of aromatic nitrogens is 2. The van der Waals surface area contributed by atoms with Crippen LogP contribution in [-0.2, 0) is 10.5 Å². The normalized spacial score (nSPS) is 10.9. The van der Waals surface area contributed by atoms with Crippen LogP contribution in [0, 0.1) is 6.92 Å². The number of hydrogen-bond acceptors (Lipinski definition) is 7. The Morgan fingerprint density at radius 1 is 1.35 bits per heavy atom. The molecule has 2 aromatic heterocycles. The van der Waals surface area contributed by atoms with Crippen LogP contribution < -0.4 is 10.9 Å². The van der Waals surface area contributed by atoms with Crippen molar-refractivity contribution in [3.63, 3.8) is 0 Å². The molecule has 3 rings (SSSR count). The number of amides is 1. The Labute approximate surface area is 139 Å². The molecule has 0 atom stereocenters. The van der Waals surface area contributed by atoms with Crippen LogP contribution in [0.1, 0.15) is 17.5 Å². The van der Waals surface area contributed by atoms with Gasteiger partial charge in [-0.1, -0.05) is 23.1 Å². The Bertz CT molecular complexity index is 933. The highest BCUT2D eigenvalue weighted by Crippen LogP contribution is 2.29. The van der Waals surface area contributed by atoms with Crippen molar-refractivity contribution in [1.82, 2.24) is 10.2 Å². The molecule has 0 aliphatic carbocycles. The van der Waals surface area contributed by atoms with E-state index in [0.29, 0.717) is 17.0 Å². The minimum atomic E-state index is -0.415. The van der Waals surface area contributed by atoms with E-state index < -0.39 is 5.63 Å². The van der Waals surface area contributed by atoms with E-state index in [9.17, 15) is 9.59 Å². The minimum absolute atomic E-state index is 0.176. The number of anilines is 1. The predicted molar refractivity (Wildman–Crippen MR) is 91.0 cm³/mol. The zero-order valence-corrected chi connectivity index (χ0v) is 14.1. The van der Waals surface area contributed by atoms with E-state index in [1.54, 1.807) is 12.1 Å². The van der Waals surface area contributed by atoms with E-state index in [0.717, 1.165) is 20.3 Å². The van der Waals surface area contributed by atoms with E-state index in [4.69, 9.17) is 4.42 Å². The molecular weight excluding hydrogens is 334 g/mol. The lowest BCUT2D eigenvalue weighted by Crippen LogP contribution is -2.06. The van der Waals surface area contributed by atoms with Crippen LogP contribution in [0.25, 0.3) is 11.0 Å². The highest BCUT2D eigenvalue weighted by Gasteiger charge is 2.09. The van der Waals surface area contributed by atoms with Gasteiger partial charge in [-0.15, -0.1) is 10.2 Å². The molecule has 6 nitrogen and oxygen atoms in total. The molecule has 8 heteroatoms. The van der Waals surface area contributed by atoms with Crippen molar-refractivity contribution in [3.05, 3.63) is 45.3 Å². The van der Waals surface area contributed by atoms with Gasteiger partial charge in [0.2, 0.25) is 5.91 Å². The first-order valence-corrected chi connectivity index (χ1v) is 8.59. The van der Waals surface area contributed by atoms with Gasteiger partial charge in [0.25, 0.3) is 0 Å². The summed E-state index contributed by atoms with van der Waals surface area (Å²) in [5, 5.41) is 12.5. The Morgan fingerprint density at radius 2 is 2.17 bits per heavy atom. The third kappa shape index (κ3) is 3.77. The second-order valence-electron chi connectivity index (χ2n) is 4.86. The van der Waals surface area contributed by atoms with Gasteiger partial charge in [0.15, 0.2) is 4.34 Å². The fourth-order valence-corrected chi connectivity index (χ4v) is 3.91. The largest absolute Gasteiger partial charge is 0.423 e. The van der Waals surface area contributed by atoms with Gasteiger partial charge in [0, 0.05) is 35.9 Å². The second kappa shape index (κ2) is 6.51. The summed E-state index contributed by atoms with van der Waals surface area (Å²) in [5.41, 5.74) is 1.50. The average molecular weight is 347 g/mol. The maximum atomic E-state index is 11.8.